The van der Waals surface area contributed by atoms with Crippen LogP contribution in [0.3, 0.4) is 0 Å². The Morgan fingerprint density at radius 1 is 0.273 bits per heavy atom. The van der Waals surface area contributed by atoms with Crippen molar-refractivity contribution in [2.24, 2.45) is 0 Å². The van der Waals surface area contributed by atoms with Crippen molar-refractivity contribution in [3.05, 3.63) is 205 Å². The molecule has 1 aliphatic carbocycles. The van der Waals surface area contributed by atoms with Gasteiger partial charge in [0, 0.05) is 5.41 Å². The summed E-state index contributed by atoms with van der Waals surface area (Å²) in [7, 11) is 0. The van der Waals surface area contributed by atoms with E-state index in [-0.39, 0.29) is 5.41 Å². The fraction of sp³-hybridized carbons (Fsp3) is 0.0545. The molecular formula is C55H38. The number of hydrogen-bond donors (Lipinski definition) is 0. The molecule has 0 saturated carbocycles. The standard InChI is InChI=1S/C55H38/c1-55(2)51-22-12-11-18-44(51)49-34-42(28-30-52(49)55)53-46-20-9-10-21-47(46)54(45-19-8-7-17-43(45)41-26-24-36-14-4-6-16-38(36)32-41)48-29-27-40(33-50(48)53)39-25-23-35-13-3-5-15-37(35)31-39/h3-34H,1-2H3. The van der Waals surface area contributed by atoms with Gasteiger partial charge in [0.05, 0.1) is 0 Å². The van der Waals surface area contributed by atoms with Gasteiger partial charge in [0.2, 0.25) is 0 Å². The Hall–Kier alpha value is -6.76. The first kappa shape index (κ1) is 31.7. The van der Waals surface area contributed by atoms with Gasteiger partial charge in [0.15, 0.2) is 0 Å². The summed E-state index contributed by atoms with van der Waals surface area (Å²) in [6.07, 6.45) is 0. The summed E-state index contributed by atoms with van der Waals surface area (Å²) in [5, 5.41) is 10.1. The Balaban J connectivity index is 1.22. The summed E-state index contributed by atoms with van der Waals surface area (Å²) in [6, 6.07) is 72.4. The van der Waals surface area contributed by atoms with Crippen LogP contribution in [-0.2, 0) is 5.41 Å². The van der Waals surface area contributed by atoms with Gasteiger partial charge in [-0.25, -0.2) is 0 Å². The Morgan fingerprint density at radius 2 is 0.764 bits per heavy atom. The lowest BCUT2D eigenvalue weighted by molar-refractivity contribution is 0.660. The van der Waals surface area contributed by atoms with Crippen LogP contribution in [0, 0.1) is 0 Å². The molecule has 0 nitrogen and oxygen atoms in total. The second-order valence-corrected chi connectivity index (χ2v) is 15.7. The predicted octanol–water partition coefficient (Wildman–Crippen LogP) is 15.3. The third kappa shape index (κ3) is 4.92. The van der Waals surface area contributed by atoms with Crippen molar-refractivity contribution in [2.75, 3.05) is 0 Å². The topological polar surface area (TPSA) is 0 Å². The summed E-state index contributed by atoms with van der Waals surface area (Å²) in [5.41, 5.74) is 15.4. The van der Waals surface area contributed by atoms with E-state index in [9.17, 15) is 0 Å². The molecule has 0 fully saturated rings. The van der Waals surface area contributed by atoms with Gasteiger partial charge in [-0.3, -0.25) is 0 Å². The van der Waals surface area contributed by atoms with E-state index in [1.165, 1.54) is 110 Å². The zero-order chi connectivity index (χ0) is 36.7. The monoisotopic (exact) mass is 698 g/mol. The third-order valence-corrected chi connectivity index (χ3v) is 12.2. The van der Waals surface area contributed by atoms with E-state index in [1.807, 2.05) is 0 Å². The van der Waals surface area contributed by atoms with E-state index in [0.717, 1.165) is 0 Å². The molecule has 0 bridgehead atoms. The minimum absolute atomic E-state index is 0.0474. The van der Waals surface area contributed by atoms with E-state index in [2.05, 4.69) is 208 Å². The summed E-state index contributed by atoms with van der Waals surface area (Å²) in [5.74, 6) is 0. The molecule has 0 atom stereocenters. The lowest BCUT2D eigenvalue weighted by Crippen LogP contribution is -2.14. The Bertz CT molecular complexity index is 3180. The van der Waals surface area contributed by atoms with E-state index >= 15 is 0 Å². The smallest absolute Gasteiger partial charge is 0.0158 e. The number of benzene rings is 10. The van der Waals surface area contributed by atoms with Crippen LogP contribution in [0.25, 0.3) is 98.7 Å². The molecule has 11 rings (SSSR count). The van der Waals surface area contributed by atoms with Crippen LogP contribution in [0.15, 0.2) is 194 Å². The molecule has 0 saturated heterocycles. The van der Waals surface area contributed by atoms with Gasteiger partial charge in [-0.05, 0) is 134 Å². The first-order chi connectivity index (χ1) is 27.0. The summed E-state index contributed by atoms with van der Waals surface area (Å²) < 4.78 is 0. The van der Waals surface area contributed by atoms with Crippen molar-refractivity contribution in [1.82, 2.24) is 0 Å². The van der Waals surface area contributed by atoms with Crippen molar-refractivity contribution in [3.63, 3.8) is 0 Å². The second kappa shape index (κ2) is 12.1. The van der Waals surface area contributed by atoms with Gasteiger partial charge in [-0.1, -0.05) is 184 Å². The number of hydrogen-bond acceptors (Lipinski definition) is 0. The maximum atomic E-state index is 2.47. The van der Waals surface area contributed by atoms with Gasteiger partial charge in [0.25, 0.3) is 0 Å². The van der Waals surface area contributed by atoms with E-state index in [1.54, 1.807) is 0 Å². The lowest BCUT2D eigenvalue weighted by Gasteiger charge is -2.22. The van der Waals surface area contributed by atoms with E-state index in [4.69, 9.17) is 0 Å². The van der Waals surface area contributed by atoms with Crippen LogP contribution < -0.4 is 0 Å². The zero-order valence-electron chi connectivity index (χ0n) is 31.0. The van der Waals surface area contributed by atoms with Crippen LogP contribution in [0.4, 0.5) is 0 Å². The molecule has 0 heterocycles. The van der Waals surface area contributed by atoms with Gasteiger partial charge in [0.1, 0.15) is 0 Å². The lowest BCUT2D eigenvalue weighted by atomic mass is 9.81. The first-order valence-electron chi connectivity index (χ1n) is 19.3. The molecule has 258 valence electrons. The maximum Gasteiger partial charge on any atom is 0.0158 e. The molecule has 10 aromatic carbocycles. The molecule has 10 aromatic rings. The summed E-state index contributed by atoms with van der Waals surface area (Å²) in [6.45, 7) is 4.72. The molecule has 1 aliphatic rings. The van der Waals surface area contributed by atoms with Gasteiger partial charge >= 0.3 is 0 Å². The SMILES string of the molecule is CC1(C)c2ccccc2-c2cc(-c3c4ccccc4c(-c4ccccc4-c4ccc5ccccc5c4)c4ccc(-c5ccc6ccccc6c5)cc34)ccc21. The minimum Gasteiger partial charge on any atom is -0.0619 e. The molecule has 0 aliphatic heterocycles. The van der Waals surface area contributed by atoms with Crippen molar-refractivity contribution in [3.8, 4) is 55.6 Å². The molecule has 0 spiro atoms. The molecular weight excluding hydrogens is 661 g/mol. The molecule has 0 amide bonds. The summed E-state index contributed by atoms with van der Waals surface area (Å²) in [4.78, 5) is 0. The first-order valence-corrected chi connectivity index (χ1v) is 19.3. The normalized spacial score (nSPS) is 13.1. The minimum atomic E-state index is -0.0474. The van der Waals surface area contributed by atoms with Crippen LogP contribution in [-0.4, -0.2) is 0 Å². The van der Waals surface area contributed by atoms with Crippen LogP contribution in [0.2, 0.25) is 0 Å². The maximum absolute atomic E-state index is 2.47. The van der Waals surface area contributed by atoms with Gasteiger partial charge < -0.3 is 0 Å². The largest absolute Gasteiger partial charge is 0.0619 e. The highest BCUT2D eigenvalue weighted by Crippen LogP contribution is 2.52. The molecule has 0 heteroatoms. The number of rotatable bonds is 4. The van der Waals surface area contributed by atoms with Crippen molar-refractivity contribution < 1.29 is 0 Å². The van der Waals surface area contributed by atoms with Crippen LogP contribution in [0.5, 0.6) is 0 Å². The van der Waals surface area contributed by atoms with E-state index in [0.29, 0.717) is 0 Å². The molecule has 0 N–H and O–H groups in total. The molecule has 0 aromatic heterocycles. The molecule has 0 radical (unpaired) electrons. The quantitative estimate of drug-likeness (QED) is 0.161. The average Bonchev–Trinajstić information content (AvgIpc) is 3.47. The molecule has 55 heavy (non-hydrogen) atoms. The molecule has 0 unspecified atom stereocenters. The zero-order valence-corrected chi connectivity index (χ0v) is 31.0. The van der Waals surface area contributed by atoms with Crippen molar-refractivity contribution in [2.45, 2.75) is 19.3 Å². The third-order valence-electron chi connectivity index (χ3n) is 12.2. The van der Waals surface area contributed by atoms with Crippen LogP contribution >= 0.6 is 0 Å². The second-order valence-electron chi connectivity index (χ2n) is 15.7. The number of fused-ring (bicyclic) bond motifs is 7. The fourth-order valence-corrected chi connectivity index (χ4v) is 9.51. The predicted molar refractivity (Wildman–Crippen MR) is 236 cm³/mol. The van der Waals surface area contributed by atoms with Crippen molar-refractivity contribution in [1.29, 1.82) is 0 Å². The Kier molecular flexibility index (Phi) is 7.00. The highest BCUT2D eigenvalue weighted by Gasteiger charge is 2.35. The highest BCUT2D eigenvalue weighted by atomic mass is 14.4. The van der Waals surface area contributed by atoms with Gasteiger partial charge in [-0.15, -0.1) is 0 Å². The average molecular weight is 699 g/mol. The van der Waals surface area contributed by atoms with Crippen molar-refractivity contribution >= 4 is 43.1 Å². The Labute approximate surface area is 322 Å². The van der Waals surface area contributed by atoms with Gasteiger partial charge in [-0.2, -0.15) is 0 Å². The highest BCUT2D eigenvalue weighted by molar-refractivity contribution is 6.23. The summed E-state index contributed by atoms with van der Waals surface area (Å²) >= 11 is 0. The van der Waals surface area contributed by atoms with Crippen LogP contribution in [0.1, 0.15) is 25.0 Å². The Morgan fingerprint density at radius 3 is 1.51 bits per heavy atom. The van der Waals surface area contributed by atoms with E-state index < -0.39 is 0 Å². The fourth-order valence-electron chi connectivity index (χ4n) is 9.51.